The Labute approximate surface area is 390 Å². The van der Waals surface area contributed by atoms with E-state index in [4.69, 9.17) is 14.2 Å². The summed E-state index contributed by atoms with van der Waals surface area (Å²) in [6.45, 7) is 6.60. The van der Waals surface area contributed by atoms with Gasteiger partial charge in [0.05, 0.1) is 0 Å². The summed E-state index contributed by atoms with van der Waals surface area (Å²) in [5.41, 5.74) is 0. The van der Waals surface area contributed by atoms with Gasteiger partial charge in [0.15, 0.2) is 6.10 Å². The lowest BCUT2D eigenvalue weighted by atomic mass is 10.0. The van der Waals surface area contributed by atoms with Gasteiger partial charge in [-0.15, -0.1) is 0 Å². The van der Waals surface area contributed by atoms with E-state index in [1.165, 1.54) is 154 Å². The van der Waals surface area contributed by atoms with E-state index in [-0.39, 0.29) is 31.1 Å². The van der Waals surface area contributed by atoms with E-state index >= 15 is 0 Å². The Balaban J connectivity index is 4.38. The summed E-state index contributed by atoms with van der Waals surface area (Å²) in [4.78, 5) is 38.0. The van der Waals surface area contributed by atoms with Gasteiger partial charge in [0, 0.05) is 19.3 Å². The van der Waals surface area contributed by atoms with Crippen LogP contribution in [0.1, 0.15) is 278 Å². The summed E-state index contributed by atoms with van der Waals surface area (Å²) in [6, 6.07) is 0. The first-order valence-corrected chi connectivity index (χ1v) is 27.2. The maximum atomic E-state index is 12.8. The molecule has 6 nitrogen and oxygen atoms in total. The third-order valence-corrected chi connectivity index (χ3v) is 11.9. The Morgan fingerprint density at radius 2 is 0.571 bits per heavy atom. The first-order chi connectivity index (χ1) is 31.0. The zero-order valence-corrected chi connectivity index (χ0v) is 41.8. The molecule has 0 radical (unpaired) electrons. The highest BCUT2D eigenvalue weighted by atomic mass is 16.6. The highest BCUT2D eigenvalue weighted by molar-refractivity contribution is 5.71. The predicted octanol–water partition coefficient (Wildman–Crippen LogP) is 17.9. The standard InChI is InChI=1S/C57H102O6/c1-4-7-10-13-16-19-22-24-26-28-29-31-32-35-38-41-44-47-50-56(59)62-53-54(52-61-55(58)49-46-43-40-37-34-21-18-15-12-9-6-3)63-57(60)51-48-45-42-39-36-33-30-27-25-23-20-17-14-11-8-5-2/h16,19,22,24,26,28-29,31,54H,4-15,17-18,20-21,23,25,27,30,32-53H2,1-3H3/b19-16-,24-22-,28-26-,31-29-. The molecule has 0 aromatic carbocycles. The van der Waals surface area contributed by atoms with Crippen molar-refractivity contribution >= 4 is 17.9 Å². The van der Waals surface area contributed by atoms with Crippen molar-refractivity contribution in [3.05, 3.63) is 48.6 Å². The van der Waals surface area contributed by atoms with Gasteiger partial charge in [-0.1, -0.05) is 262 Å². The highest BCUT2D eigenvalue weighted by Crippen LogP contribution is 2.16. The summed E-state index contributed by atoms with van der Waals surface area (Å²) >= 11 is 0. The Kier molecular flexibility index (Phi) is 49.8. The molecule has 366 valence electrons. The molecule has 0 aromatic heterocycles. The van der Waals surface area contributed by atoms with Crippen LogP contribution in [0.5, 0.6) is 0 Å². The number of ether oxygens (including phenoxy) is 3. The smallest absolute Gasteiger partial charge is 0.306 e. The fraction of sp³-hybridized carbons (Fsp3) is 0.807. The van der Waals surface area contributed by atoms with Crippen molar-refractivity contribution in [1.29, 1.82) is 0 Å². The zero-order chi connectivity index (χ0) is 45.8. The average molecular weight is 883 g/mol. The summed E-state index contributed by atoms with van der Waals surface area (Å²) in [6.07, 6.45) is 62.3. The Morgan fingerprint density at radius 3 is 0.921 bits per heavy atom. The second kappa shape index (κ2) is 52.0. The SMILES string of the molecule is CCCCC\C=C/C=C\C=C/C=C\CCCCCCCC(=O)OCC(COC(=O)CCCCCCCCCCCCC)OC(=O)CCCCCCCCCCCCCCCCCC. The van der Waals surface area contributed by atoms with E-state index in [0.717, 1.165) is 83.5 Å². The molecule has 0 aliphatic rings. The molecule has 0 amide bonds. The van der Waals surface area contributed by atoms with E-state index < -0.39 is 6.10 Å². The second-order valence-corrected chi connectivity index (χ2v) is 18.2. The van der Waals surface area contributed by atoms with Gasteiger partial charge in [-0.25, -0.2) is 0 Å². The minimum atomic E-state index is -0.778. The van der Waals surface area contributed by atoms with Crippen molar-refractivity contribution in [3.8, 4) is 0 Å². The molecular weight excluding hydrogens is 781 g/mol. The van der Waals surface area contributed by atoms with Gasteiger partial charge >= 0.3 is 17.9 Å². The van der Waals surface area contributed by atoms with E-state index in [0.29, 0.717) is 19.3 Å². The fourth-order valence-electron chi connectivity index (χ4n) is 7.81. The predicted molar refractivity (Wildman–Crippen MR) is 270 cm³/mol. The van der Waals surface area contributed by atoms with Gasteiger partial charge in [0.25, 0.3) is 0 Å². The Hall–Kier alpha value is -2.63. The molecule has 63 heavy (non-hydrogen) atoms. The molecule has 0 aliphatic carbocycles. The minimum absolute atomic E-state index is 0.0771. The first-order valence-electron chi connectivity index (χ1n) is 27.2. The van der Waals surface area contributed by atoms with E-state index in [2.05, 4.69) is 69.4 Å². The molecule has 1 unspecified atom stereocenters. The highest BCUT2D eigenvalue weighted by Gasteiger charge is 2.19. The zero-order valence-electron chi connectivity index (χ0n) is 41.8. The number of unbranched alkanes of at least 4 members (excludes halogenated alkanes) is 33. The molecule has 0 aromatic rings. The molecule has 0 spiro atoms. The maximum absolute atomic E-state index is 12.8. The molecule has 1 atom stereocenters. The third-order valence-electron chi connectivity index (χ3n) is 11.9. The largest absolute Gasteiger partial charge is 0.462 e. The van der Waals surface area contributed by atoms with Gasteiger partial charge in [-0.3, -0.25) is 14.4 Å². The molecule has 0 saturated carbocycles. The van der Waals surface area contributed by atoms with Crippen molar-refractivity contribution < 1.29 is 28.6 Å². The van der Waals surface area contributed by atoms with Crippen LogP contribution in [0.3, 0.4) is 0 Å². The van der Waals surface area contributed by atoms with Crippen LogP contribution in [0.2, 0.25) is 0 Å². The number of esters is 3. The average Bonchev–Trinajstić information content (AvgIpc) is 3.28. The van der Waals surface area contributed by atoms with Crippen molar-refractivity contribution in [2.24, 2.45) is 0 Å². The quantitative estimate of drug-likeness (QED) is 0.0262. The lowest BCUT2D eigenvalue weighted by Crippen LogP contribution is -2.30. The molecule has 0 heterocycles. The summed E-state index contributed by atoms with van der Waals surface area (Å²) < 4.78 is 16.8. The Morgan fingerprint density at radius 1 is 0.317 bits per heavy atom. The third kappa shape index (κ3) is 50.2. The monoisotopic (exact) mass is 883 g/mol. The lowest BCUT2D eigenvalue weighted by molar-refractivity contribution is -0.167. The van der Waals surface area contributed by atoms with E-state index in [1.54, 1.807) is 0 Å². The van der Waals surface area contributed by atoms with Crippen molar-refractivity contribution in [3.63, 3.8) is 0 Å². The molecule has 0 saturated heterocycles. The molecule has 0 rings (SSSR count). The van der Waals surface area contributed by atoms with Crippen molar-refractivity contribution in [1.82, 2.24) is 0 Å². The number of carbonyl (C=O) groups excluding carboxylic acids is 3. The molecule has 0 bridgehead atoms. The van der Waals surface area contributed by atoms with Crippen LogP contribution in [0.15, 0.2) is 48.6 Å². The van der Waals surface area contributed by atoms with Crippen LogP contribution in [-0.2, 0) is 28.6 Å². The summed E-state index contributed by atoms with van der Waals surface area (Å²) in [5.74, 6) is -0.889. The first kappa shape index (κ1) is 60.4. The topological polar surface area (TPSA) is 78.9 Å². The van der Waals surface area contributed by atoms with Crippen LogP contribution in [0.25, 0.3) is 0 Å². The molecule has 0 aliphatic heterocycles. The maximum Gasteiger partial charge on any atom is 0.306 e. The van der Waals surface area contributed by atoms with Crippen LogP contribution in [0.4, 0.5) is 0 Å². The number of rotatable bonds is 49. The number of allylic oxidation sites excluding steroid dienone is 8. The summed E-state index contributed by atoms with van der Waals surface area (Å²) in [5, 5.41) is 0. The van der Waals surface area contributed by atoms with E-state index in [9.17, 15) is 14.4 Å². The van der Waals surface area contributed by atoms with Gasteiger partial charge in [0.2, 0.25) is 0 Å². The molecule has 0 fully saturated rings. The van der Waals surface area contributed by atoms with Gasteiger partial charge in [-0.2, -0.15) is 0 Å². The molecular formula is C57H102O6. The minimum Gasteiger partial charge on any atom is -0.462 e. The van der Waals surface area contributed by atoms with Crippen molar-refractivity contribution in [2.75, 3.05) is 13.2 Å². The van der Waals surface area contributed by atoms with Crippen LogP contribution in [0, 0.1) is 0 Å². The number of hydrogen-bond donors (Lipinski definition) is 0. The fourth-order valence-corrected chi connectivity index (χ4v) is 7.81. The Bertz CT molecular complexity index is 1110. The lowest BCUT2D eigenvalue weighted by Gasteiger charge is -2.18. The number of carbonyl (C=O) groups is 3. The number of hydrogen-bond acceptors (Lipinski definition) is 6. The van der Waals surface area contributed by atoms with Gasteiger partial charge in [0.1, 0.15) is 13.2 Å². The van der Waals surface area contributed by atoms with Gasteiger partial charge < -0.3 is 14.2 Å². The van der Waals surface area contributed by atoms with Crippen LogP contribution >= 0.6 is 0 Å². The summed E-state index contributed by atoms with van der Waals surface area (Å²) in [7, 11) is 0. The van der Waals surface area contributed by atoms with E-state index in [1.807, 2.05) is 0 Å². The van der Waals surface area contributed by atoms with Crippen LogP contribution < -0.4 is 0 Å². The molecule has 0 N–H and O–H groups in total. The van der Waals surface area contributed by atoms with Gasteiger partial charge in [-0.05, 0) is 44.9 Å². The normalized spacial score (nSPS) is 12.4. The second-order valence-electron chi connectivity index (χ2n) is 18.2. The van der Waals surface area contributed by atoms with Crippen LogP contribution in [-0.4, -0.2) is 37.2 Å². The molecule has 6 heteroatoms. The van der Waals surface area contributed by atoms with Crippen molar-refractivity contribution in [2.45, 2.75) is 284 Å².